The van der Waals surface area contributed by atoms with E-state index in [1.165, 1.54) is 17.4 Å². The first kappa shape index (κ1) is 18.6. The van der Waals surface area contributed by atoms with Gasteiger partial charge in [0.25, 0.3) is 0 Å². The molecule has 1 unspecified atom stereocenters. The number of carbonyl (C=O) groups is 3. The second-order valence-electron chi connectivity index (χ2n) is 7.42. The lowest BCUT2D eigenvalue weighted by Gasteiger charge is -2.36. The van der Waals surface area contributed by atoms with Crippen molar-refractivity contribution in [1.82, 2.24) is 19.8 Å². The highest BCUT2D eigenvalue weighted by Crippen LogP contribution is 2.29. The molecule has 1 N–H and O–H groups in total. The molecule has 2 aromatic rings. The van der Waals surface area contributed by atoms with Gasteiger partial charge < -0.3 is 15.0 Å². The Labute approximate surface area is 157 Å². The van der Waals surface area contributed by atoms with Crippen LogP contribution >= 0.6 is 0 Å². The van der Waals surface area contributed by atoms with Gasteiger partial charge in [-0.2, -0.15) is 0 Å². The summed E-state index contributed by atoms with van der Waals surface area (Å²) in [6, 6.07) is 6.17. The summed E-state index contributed by atoms with van der Waals surface area (Å²) in [4.78, 5) is 43.3. The number of nitrogens with zero attached hydrogens (tertiary/aromatic N) is 3. The number of carbonyl (C=O) groups excluding carboxylic acids is 3. The molecule has 0 radical (unpaired) electrons. The Balaban J connectivity index is 1.98. The highest BCUT2D eigenvalue weighted by molar-refractivity contribution is 6.37. The fourth-order valence-electron chi connectivity index (χ4n) is 2.98. The molecule has 0 aliphatic carbocycles. The highest BCUT2D eigenvalue weighted by atomic mass is 16.5. The predicted octanol–water partition coefficient (Wildman–Crippen LogP) is 1.53. The molecule has 3 rings (SSSR count). The van der Waals surface area contributed by atoms with E-state index in [1.54, 1.807) is 31.4 Å². The van der Waals surface area contributed by atoms with E-state index in [9.17, 15) is 14.4 Å². The number of benzene rings is 1. The van der Waals surface area contributed by atoms with Crippen molar-refractivity contribution < 1.29 is 19.1 Å². The van der Waals surface area contributed by atoms with Crippen molar-refractivity contribution in [3.63, 3.8) is 0 Å². The zero-order valence-electron chi connectivity index (χ0n) is 15.7. The van der Waals surface area contributed by atoms with E-state index < -0.39 is 23.4 Å². The van der Waals surface area contributed by atoms with Crippen molar-refractivity contribution in [3.8, 4) is 5.75 Å². The van der Waals surface area contributed by atoms with Crippen molar-refractivity contribution in [3.05, 3.63) is 48.0 Å². The van der Waals surface area contributed by atoms with Crippen LogP contribution in [0.1, 0.15) is 42.9 Å². The van der Waals surface area contributed by atoms with E-state index in [-0.39, 0.29) is 12.5 Å². The zero-order chi connectivity index (χ0) is 19.8. The Morgan fingerprint density at radius 2 is 1.85 bits per heavy atom. The Kier molecular flexibility index (Phi) is 4.73. The second-order valence-corrected chi connectivity index (χ2v) is 7.42. The summed E-state index contributed by atoms with van der Waals surface area (Å²) in [7, 11) is 1.57. The molecule has 0 saturated heterocycles. The summed E-state index contributed by atoms with van der Waals surface area (Å²) >= 11 is 0. The van der Waals surface area contributed by atoms with Gasteiger partial charge >= 0.3 is 11.8 Å². The number of amides is 2. The first-order chi connectivity index (χ1) is 12.7. The van der Waals surface area contributed by atoms with Gasteiger partial charge in [0.1, 0.15) is 12.1 Å². The predicted molar refractivity (Wildman–Crippen MR) is 97.0 cm³/mol. The molecule has 1 atom stereocenters. The Hall–Kier alpha value is -3.16. The largest absolute Gasteiger partial charge is 0.497 e. The number of rotatable bonds is 4. The van der Waals surface area contributed by atoms with Crippen molar-refractivity contribution >= 4 is 17.7 Å². The van der Waals surface area contributed by atoms with Crippen LogP contribution in [0, 0.1) is 0 Å². The SMILES string of the molecule is COc1ccc(CN2C(=O)C(=O)n3cncc3C2C(=O)NC(C)(C)C)cc1. The van der Waals surface area contributed by atoms with Crippen LogP contribution in [0.4, 0.5) is 0 Å². The molecule has 1 aromatic heterocycles. The summed E-state index contributed by atoms with van der Waals surface area (Å²) in [5.74, 6) is -1.15. The van der Waals surface area contributed by atoms with Crippen molar-refractivity contribution in [2.24, 2.45) is 0 Å². The average molecular weight is 370 g/mol. The molecule has 0 spiro atoms. The van der Waals surface area contributed by atoms with E-state index in [4.69, 9.17) is 4.74 Å². The van der Waals surface area contributed by atoms with Crippen LogP contribution in [0.5, 0.6) is 5.75 Å². The Morgan fingerprint density at radius 1 is 1.19 bits per heavy atom. The van der Waals surface area contributed by atoms with Gasteiger partial charge in [0.2, 0.25) is 5.91 Å². The number of hydrogen-bond donors (Lipinski definition) is 1. The van der Waals surface area contributed by atoms with E-state index in [0.29, 0.717) is 11.4 Å². The molecule has 1 aliphatic heterocycles. The van der Waals surface area contributed by atoms with Gasteiger partial charge in [0, 0.05) is 12.1 Å². The minimum atomic E-state index is -0.945. The molecular formula is C19H22N4O4. The maximum absolute atomic E-state index is 13.0. The smallest absolute Gasteiger partial charge is 0.321 e. The Bertz CT molecular complexity index is 880. The van der Waals surface area contributed by atoms with E-state index >= 15 is 0 Å². The van der Waals surface area contributed by atoms with Gasteiger partial charge in [-0.25, -0.2) is 4.98 Å². The van der Waals surface area contributed by atoms with Gasteiger partial charge in [-0.3, -0.25) is 19.0 Å². The van der Waals surface area contributed by atoms with E-state index in [0.717, 1.165) is 10.1 Å². The van der Waals surface area contributed by atoms with Crippen molar-refractivity contribution in [2.45, 2.75) is 38.9 Å². The van der Waals surface area contributed by atoms with Crippen LogP contribution in [0.2, 0.25) is 0 Å². The fraction of sp³-hybridized carbons (Fsp3) is 0.368. The molecule has 8 heteroatoms. The molecule has 0 fully saturated rings. The number of ether oxygens (including phenoxy) is 1. The lowest BCUT2D eigenvalue weighted by atomic mass is 10.0. The van der Waals surface area contributed by atoms with Crippen LogP contribution in [-0.2, 0) is 16.1 Å². The van der Waals surface area contributed by atoms with Crippen LogP contribution in [0.3, 0.4) is 0 Å². The normalized spacial score (nSPS) is 16.9. The van der Waals surface area contributed by atoms with Crippen LogP contribution in [-0.4, -0.2) is 44.8 Å². The lowest BCUT2D eigenvalue weighted by molar-refractivity contribution is -0.140. The number of methoxy groups -OCH3 is 1. The molecule has 1 aliphatic rings. The number of hydrogen-bond acceptors (Lipinski definition) is 5. The molecule has 8 nitrogen and oxygen atoms in total. The zero-order valence-corrected chi connectivity index (χ0v) is 15.7. The summed E-state index contributed by atoms with van der Waals surface area (Å²) < 4.78 is 6.28. The van der Waals surface area contributed by atoms with Gasteiger partial charge in [-0.15, -0.1) is 0 Å². The monoisotopic (exact) mass is 370 g/mol. The van der Waals surface area contributed by atoms with Gasteiger partial charge in [-0.1, -0.05) is 12.1 Å². The van der Waals surface area contributed by atoms with E-state index in [1.807, 2.05) is 20.8 Å². The summed E-state index contributed by atoms with van der Waals surface area (Å²) in [6.07, 6.45) is 2.70. The minimum Gasteiger partial charge on any atom is -0.497 e. The van der Waals surface area contributed by atoms with Gasteiger partial charge in [0.05, 0.1) is 19.0 Å². The van der Waals surface area contributed by atoms with Crippen molar-refractivity contribution in [2.75, 3.05) is 7.11 Å². The number of fused-ring (bicyclic) bond motifs is 1. The number of nitrogens with one attached hydrogen (secondary N) is 1. The van der Waals surface area contributed by atoms with E-state index in [2.05, 4.69) is 10.3 Å². The first-order valence-electron chi connectivity index (χ1n) is 8.54. The van der Waals surface area contributed by atoms with Crippen LogP contribution in [0.15, 0.2) is 36.8 Å². The first-order valence-corrected chi connectivity index (χ1v) is 8.54. The quantitative estimate of drug-likeness (QED) is 0.824. The molecule has 27 heavy (non-hydrogen) atoms. The van der Waals surface area contributed by atoms with Crippen LogP contribution < -0.4 is 10.1 Å². The standard InChI is InChI=1S/C19H22N4O4/c1-19(2,3)21-16(24)15-14-9-20-11-23(14)18(26)17(25)22(15)10-12-5-7-13(27-4)8-6-12/h5-9,11,15H,10H2,1-4H3,(H,21,24). The molecular weight excluding hydrogens is 348 g/mol. The third-order valence-corrected chi connectivity index (χ3v) is 4.18. The molecule has 0 bridgehead atoms. The maximum Gasteiger partial charge on any atom is 0.321 e. The molecule has 1 aromatic carbocycles. The van der Waals surface area contributed by atoms with Crippen LogP contribution in [0.25, 0.3) is 0 Å². The number of aromatic nitrogens is 2. The molecule has 2 amide bonds. The molecule has 0 saturated carbocycles. The van der Waals surface area contributed by atoms with Gasteiger partial charge in [0.15, 0.2) is 6.04 Å². The minimum absolute atomic E-state index is 0.113. The van der Waals surface area contributed by atoms with Gasteiger partial charge in [-0.05, 0) is 38.5 Å². The fourth-order valence-corrected chi connectivity index (χ4v) is 2.98. The average Bonchev–Trinajstić information content (AvgIpc) is 3.08. The second kappa shape index (κ2) is 6.86. The molecule has 2 heterocycles. The third kappa shape index (κ3) is 3.69. The number of imidazole rings is 1. The highest BCUT2D eigenvalue weighted by Gasteiger charge is 2.43. The third-order valence-electron chi connectivity index (χ3n) is 4.18. The summed E-state index contributed by atoms with van der Waals surface area (Å²) in [5, 5.41) is 2.88. The Morgan fingerprint density at radius 3 is 2.44 bits per heavy atom. The molecule has 142 valence electrons. The summed E-state index contributed by atoms with van der Waals surface area (Å²) in [6.45, 7) is 5.67. The topological polar surface area (TPSA) is 93.5 Å². The summed E-state index contributed by atoms with van der Waals surface area (Å²) in [5.41, 5.74) is 0.659. The van der Waals surface area contributed by atoms with Crippen molar-refractivity contribution in [1.29, 1.82) is 0 Å². The maximum atomic E-state index is 13.0. The lowest BCUT2D eigenvalue weighted by Crippen LogP contribution is -2.54.